The molecule has 0 radical (unpaired) electrons. The Hall–Kier alpha value is -3.06. The second-order valence-electron chi connectivity index (χ2n) is 7.13. The van der Waals surface area contributed by atoms with Gasteiger partial charge in [0.05, 0.1) is 23.5 Å². The van der Waals surface area contributed by atoms with Gasteiger partial charge in [0.25, 0.3) is 0 Å². The fraction of sp³-hybridized carbons (Fsp3) is 0.286. The average molecular weight is 379 g/mol. The zero-order valence-corrected chi connectivity index (χ0v) is 15.7. The molecule has 0 aliphatic carbocycles. The van der Waals surface area contributed by atoms with Gasteiger partial charge in [-0.25, -0.2) is 9.07 Å². The van der Waals surface area contributed by atoms with Gasteiger partial charge in [0.1, 0.15) is 5.82 Å². The lowest BCUT2D eigenvalue weighted by atomic mass is 9.92. The summed E-state index contributed by atoms with van der Waals surface area (Å²) in [6.45, 7) is 2.88. The maximum Gasteiger partial charge on any atom is 0.233 e. The first-order valence-electron chi connectivity index (χ1n) is 9.32. The van der Waals surface area contributed by atoms with Crippen LogP contribution in [0.5, 0.6) is 0 Å². The molecule has 1 unspecified atom stereocenters. The lowest BCUT2D eigenvalue weighted by Crippen LogP contribution is -2.43. The van der Waals surface area contributed by atoms with Gasteiger partial charge in [0.15, 0.2) is 0 Å². The van der Waals surface area contributed by atoms with Crippen LogP contribution in [-0.4, -0.2) is 34.0 Å². The van der Waals surface area contributed by atoms with Gasteiger partial charge in [-0.3, -0.25) is 4.79 Å². The quantitative estimate of drug-likeness (QED) is 0.755. The number of carbonyl (C=O) groups is 1. The highest BCUT2D eigenvalue weighted by molar-refractivity contribution is 5.95. The van der Waals surface area contributed by atoms with Crippen molar-refractivity contribution < 1.29 is 9.18 Å². The molecule has 2 aromatic carbocycles. The van der Waals surface area contributed by atoms with Crippen molar-refractivity contribution in [2.75, 3.05) is 18.0 Å². The van der Waals surface area contributed by atoms with Gasteiger partial charge in [-0.15, -0.1) is 5.10 Å². The third-order valence-electron chi connectivity index (χ3n) is 5.23. The van der Waals surface area contributed by atoms with Crippen molar-refractivity contribution in [1.29, 1.82) is 0 Å². The fourth-order valence-corrected chi connectivity index (χ4v) is 3.68. The number of para-hydroxylation sites is 1. The summed E-state index contributed by atoms with van der Waals surface area (Å²) in [5.41, 5.74) is 9.77. The summed E-state index contributed by atoms with van der Waals surface area (Å²) in [6.07, 6.45) is 0.809. The van der Waals surface area contributed by atoms with Gasteiger partial charge >= 0.3 is 0 Å². The van der Waals surface area contributed by atoms with Crippen molar-refractivity contribution >= 4 is 11.6 Å². The number of amides is 1. The number of nitrogens with two attached hydrogens (primary N) is 1. The van der Waals surface area contributed by atoms with Crippen LogP contribution in [-0.2, 0) is 17.6 Å². The van der Waals surface area contributed by atoms with Gasteiger partial charge in [-0.05, 0) is 61.7 Å². The van der Waals surface area contributed by atoms with E-state index in [0.717, 1.165) is 22.6 Å². The zero-order valence-electron chi connectivity index (χ0n) is 15.7. The summed E-state index contributed by atoms with van der Waals surface area (Å²) in [5, 5.41) is 8.41. The standard InChI is InChI=1S/C21H22FN5O/c1-14-19(24-25-27(14)18-5-3-2-4-6-18)11-21(28)26-13-15(12-23)9-16-10-17(22)7-8-20(16)26/h2-8,10,15H,9,11-13,23H2,1H3. The summed E-state index contributed by atoms with van der Waals surface area (Å²) >= 11 is 0. The first-order valence-corrected chi connectivity index (χ1v) is 9.32. The van der Waals surface area contributed by atoms with Gasteiger partial charge < -0.3 is 10.6 Å². The van der Waals surface area contributed by atoms with Crippen molar-refractivity contribution in [2.24, 2.45) is 11.7 Å². The molecule has 3 aromatic rings. The third-order valence-corrected chi connectivity index (χ3v) is 5.23. The second kappa shape index (κ2) is 7.52. The summed E-state index contributed by atoms with van der Waals surface area (Å²) in [7, 11) is 0. The normalized spacial score (nSPS) is 16.1. The lowest BCUT2D eigenvalue weighted by molar-refractivity contribution is -0.118. The first-order chi connectivity index (χ1) is 13.6. The van der Waals surface area contributed by atoms with Gasteiger partial charge in [0, 0.05) is 12.2 Å². The number of aromatic nitrogens is 3. The molecule has 1 aliphatic rings. The van der Waals surface area contributed by atoms with E-state index in [2.05, 4.69) is 10.3 Å². The minimum Gasteiger partial charge on any atom is -0.330 e. The van der Waals surface area contributed by atoms with Crippen LogP contribution in [0.15, 0.2) is 48.5 Å². The molecule has 0 saturated heterocycles. The molecule has 0 spiro atoms. The Morgan fingerprint density at radius 2 is 2.04 bits per heavy atom. The van der Waals surface area contributed by atoms with Crippen LogP contribution in [0.1, 0.15) is 17.0 Å². The van der Waals surface area contributed by atoms with Crippen molar-refractivity contribution in [2.45, 2.75) is 19.8 Å². The molecule has 1 amide bonds. The van der Waals surface area contributed by atoms with E-state index in [1.54, 1.807) is 15.6 Å². The van der Waals surface area contributed by atoms with E-state index < -0.39 is 0 Å². The number of hydrogen-bond donors (Lipinski definition) is 1. The van der Waals surface area contributed by atoms with Crippen molar-refractivity contribution in [3.8, 4) is 5.69 Å². The molecule has 7 heteroatoms. The van der Waals surface area contributed by atoms with E-state index in [4.69, 9.17) is 5.73 Å². The number of hydrogen-bond acceptors (Lipinski definition) is 4. The number of benzene rings is 2. The molecule has 1 aromatic heterocycles. The van der Waals surface area contributed by atoms with Crippen molar-refractivity contribution in [3.63, 3.8) is 0 Å². The van der Waals surface area contributed by atoms with Crippen LogP contribution < -0.4 is 10.6 Å². The molecule has 144 valence electrons. The molecule has 28 heavy (non-hydrogen) atoms. The Balaban J connectivity index is 1.60. The number of nitrogens with zero attached hydrogens (tertiary/aromatic N) is 4. The minimum absolute atomic E-state index is 0.0887. The number of anilines is 1. The van der Waals surface area contributed by atoms with Gasteiger partial charge in [-0.1, -0.05) is 23.4 Å². The Labute approximate surface area is 162 Å². The SMILES string of the molecule is Cc1c(CC(=O)N2CC(CN)Cc3cc(F)ccc32)nnn1-c1ccccc1. The minimum atomic E-state index is -0.300. The molecule has 4 rings (SSSR count). The van der Waals surface area contributed by atoms with E-state index in [0.29, 0.717) is 25.2 Å². The molecule has 6 nitrogen and oxygen atoms in total. The lowest BCUT2D eigenvalue weighted by Gasteiger charge is -2.34. The van der Waals surface area contributed by atoms with E-state index in [-0.39, 0.29) is 24.1 Å². The summed E-state index contributed by atoms with van der Waals surface area (Å²) in [4.78, 5) is 14.8. The highest BCUT2D eigenvalue weighted by Gasteiger charge is 2.29. The highest BCUT2D eigenvalue weighted by atomic mass is 19.1. The zero-order chi connectivity index (χ0) is 19.7. The van der Waals surface area contributed by atoms with Crippen LogP contribution >= 0.6 is 0 Å². The van der Waals surface area contributed by atoms with Crippen LogP contribution in [0.3, 0.4) is 0 Å². The van der Waals surface area contributed by atoms with Crippen molar-refractivity contribution in [1.82, 2.24) is 15.0 Å². The number of rotatable bonds is 4. The summed E-state index contributed by atoms with van der Waals surface area (Å²) in [5.74, 6) is -0.279. The smallest absolute Gasteiger partial charge is 0.233 e. The molecule has 2 N–H and O–H groups in total. The Bertz CT molecular complexity index is 1000. The average Bonchev–Trinajstić information content (AvgIpc) is 3.07. The van der Waals surface area contributed by atoms with Crippen LogP contribution in [0, 0.1) is 18.7 Å². The topological polar surface area (TPSA) is 77.0 Å². The molecule has 1 aliphatic heterocycles. The molecule has 1 atom stereocenters. The van der Waals surface area contributed by atoms with Gasteiger partial charge in [-0.2, -0.15) is 0 Å². The Kier molecular flexibility index (Phi) is 4.92. The van der Waals surface area contributed by atoms with E-state index in [9.17, 15) is 9.18 Å². The van der Waals surface area contributed by atoms with Gasteiger partial charge in [0.2, 0.25) is 5.91 Å². The summed E-state index contributed by atoms with van der Waals surface area (Å²) in [6, 6.07) is 14.2. The van der Waals surface area contributed by atoms with E-state index >= 15 is 0 Å². The number of fused-ring (bicyclic) bond motifs is 1. The fourth-order valence-electron chi connectivity index (χ4n) is 3.68. The molecular formula is C21H22FN5O. The molecule has 0 fully saturated rings. The first kappa shape index (κ1) is 18.3. The predicted molar refractivity (Wildman–Crippen MR) is 105 cm³/mol. The maximum absolute atomic E-state index is 13.7. The highest BCUT2D eigenvalue weighted by Crippen LogP contribution is 2.30. The monoisotopic (exact) mass is 379 g/mol. The molecule has 2 heterocycles. The molecule has 0 saturated carbocycles. The third kappa shape index (κ3) is 3.41. The predicted octanol–water partition coefficient (Wildman–Crippen LogP) is 2.42. The molecular weight excluding hydrogens is 357 g/mol. The largest absolute Gasteiger partial charge is 0.330 e. The summed E-state index contributed by atoms with van der Waals surface area (Å²) < 4.78 is 15.4. The van der Waals surface area contributed by atoms with Crippen LogP contribution in [0.25, 0.3) is 5.69 Å². The van der Waals surface area contributed by atoms with Crippen LogP contribution in [0.4, 0.5) is 10.1 Å². The Morgan fingerprint density at radius 1 is 1.25 bits per heavy atom. The maximum atomic E-state index is 13.7. The van der Waals surface area contributed by atoms with Crippen LogP contribution in [0.2, 0.25) is 0 Å². The molecule has 0 bridgehead atoms. The second-order valence-corrected chi connectivity index (χ2v) is 7.13. The van der Waals surface area contributed by atoms with E-state index in [1.165, 1.54) is 12.1 Å². The Morgan fingerprint density at radius 3 is 2.79 bits per heavy atom. The number of halogens is 1. The van der Waals surface area contributed by atoms with Crippen molar-refractivity contribution in [3.05, 3.63) is 71.3 Å². The number of carbonyl (C=O) groups excluding carboxylic acids is 1. The van der Waals surface area contributed by atoms with E-state index in [1.807, 2.05) is 37.3 Å².